The third kappa shape index (κ3) is 4.04. The van der Waals surface area contributed by atoms with Crippen LogP contribution in [0.1, 0.15) is 5.56 Å². The Hall–Kier alpha value is -4.33. The molecule has 0 unspecified atom stereocenters. The maximum Gasteiger partial charge on any atom is 0.319 e. The number of amides is 2. The van der Waals surface area contributed by atoms with Gasteiger partial charge in [-0.3, -0.25) is 10.1 Å². The van der Waals surface area contributed by atoms with Gasteiger partial charge in [0, 0.05) is 48.0 Å². The van der Waals surface area contributed by atoms with Crippen molar-refractivity contribution in [2.75, 3.05) is 12.1 Å². The number of H-pyrrole nitrogens is 1. The number of urea groups is 1. The molecule has 2 aromatic heterocycles. The quantitative estimate of drug-likeness (QED) is 0.455. The SMILES string of the molecule is O=C(NCc1cccc(-c2n[nH]cc2-c2ccncc2)c1)Nc1ccc2c(c1)OCO2. The summed E-state index contributed by atoms with van der Waals surface area (Å²) in [4.78, 5) is 16.4. The van der Waals surface area contributed by atoms with Crippen LogP contribution in [0.2, 0.25) is 0 Å². The van der Waals surface area contributed by atoms with Crippen molar-refractivity contribution < 1.29 is 14.3 Å². The van der Waals surface area contributed by atoms with E-state index in [9.17, 15) is 4.79 Å². The molecule has 2 aromatic carbocycles. The van der Waals surface area contributed by atoms with E-state index in [0.717, 1.165) is 27.9 Å². The highest BCUT2D eigenvalue weighted by Gasteiger charge is 2.14. The molecule has 0 atom stereocenters. The number of ether oxygens (including phenoxy) is 2. The first-order valence-corrected chi connectivity index (χ1v) is 9.74. The molecule has 154 valence electrons. The molecule has 0 fully saturated rings. The molecule has 1 aliphatic heterocycles. The van der Waals surface area contributed by atoms with Gasteiger partial charge in [0.05, 0.1) is 5.69 Å². The molecule has 3 N–H and O–H groups in total. The molecule has 0 radical (unpaired) electrons. The number of carbonyl (C=O) groups excluding carboxylic acids is 1. The number of benzene rings is 2. The Labute approximate surface area is 178 Å². The van der Waals surface area contributed by atoms with Crippen molar-refractivity contribution in [1.29, 1.82) is 0 Å². The summed E-state index contributed by atoms with van der Waals surface area (Å²) in [6.07, 6.45) is 5.38. The van der Waals surface area contributed by atoms with Crippen molar-refractivity contribution >= 4 is 11.7 Å². The lowest BCUT2D eigenvalue weighted by Gasteiger charge is -2.09. The summed E-state index contributed by atoms with van der Waals surface area (Å²) < 4.78 is 10.6. The fourth-order valence-electron chi connectivity index (χ4n) is 3.42. The number of aromatic amines is 1. The predicted octanol–water partition coefficient (Wildman–Crippen LogP) is 4.19. The summed E-state index contributed by atoms with van der Waals surface area (Å²) in [6, 6.07) is 16.8. The van der Waals surface area contributed by atoms with Crippen molar-refractivity contribution in [3.63, 3.8) is 0 Å². The van der Waals surface area contributed by atoms with Crippen LogP contribution in [0.4, 0.5) is 10.5 Å². The first kappa shape index (κ1) is 18.7. The van der Waals surface area contributed by atoms with Gasteiger partial charge >= 0.3 is 6.03 Å². The van der Waals surface area contributed by atoms with Gasteiger partial charge in [-0.05, 0) is 41.5 Å². The average Bonchev–Trinajstić information content (AvgIpc) is 3.48. The van der Waals surface area contributed by atoms with E-state index in [0.29, 0.717) is 23.7 Å². The highest BCUT2D eigenvalue weighted by atomic mass is 16.7. The van der Waals surface area contributed by atoms with Crippen molar-refractivity contribution in [3.05, 3.63) is 78.8 Å². The fraction of sp³-hybridized carbons (Fsp3) is 0.0870. The van der Waals surface area contributed by atoms with E-state index in [2.05, 4.69) is 25.8 Å². The molecule has 2 amide bonds. The van der Waals surface area contributed by atoms with E-state index in [1.807, 2.05) is 42.6 Å². The summed E-state index contributed by atoms with van der Waals surface area (Å²) in [5.74, 6) is 1.29. The third-order valence-corrected chi connectivity index (χ3v) is 4.92. The van der Waals surface area contributed by atoms with Crippen molar-refractivity contribution in [3.8, 4) is 33.9 Å². The number of hydrogen-bond donors (Lipinski definition) is 3. The average molecular weight is 413 g/mol. The van der Waals surface area contributed by atoms with E-state index >= 15 is 0 Å². The second kappa shape index (κ2) is 8.19. The number of carbonyl (C=O) groups is 1. The molecule has 0 bridgehead atoms. The van der Waals surface area contributed by atoms with Crippen molar-refractivity contribution in [1.82, 2.24) is 20.5 Å². The highest BCUT2D eigenvalue weighted by molar-refractivity contribution is 5.89. The molecular weight excluding hydrogens is 394 g/mol. The van der Waals surface area contributed by atoms with E-state index in [-0.39, 0.29) is 12.8 Å². The molecule has 8 heteroatoms. The summed E-state index contributed by atoms with van der Waals surface area (Å²) in [5.41, 5.74) is 5.43. The zero-order valence-electron chi connectivity index (χ0n) is 16.5. The number of nitrogens with one attached hydrogen (secondary N) is 3. The molecule has 5 rings (SSSR count). The van der Waals surface area contributed by atoms with Gasteiger partial charge in [-0.25, -0.2) is 4.79 Å². The van der Waals surface area contributed by atoms with Gasteiger partial charge in [0.15, 0.2) is 11.5 Å². The van der Waals surface area contributed by atoms with Crippen LogP contribution in [-0.4, -0.2) is 28.0 Å². The molecule has 3 heterocycles. The van der Waals surface area contributed by atoms with Crippen molar-refractivity contribution in [2.24, 2.45) is 0 Å². The lowest BCUT2D eigenvalue weighted by molar-refractivity contribution is 0.174. The van der Waals surface area contributed by atoms with E-state index < -0.39 is 0 Å². The minimum Gasteiger partial charge on any atom is -0.454 e. The molecule has 1 aliphatic rings. The van der Waals surface area contributed by atoms with Gasteiger partial charge in [-0.1, -0.05) is 18.2 Å². The minimum atomic E-state index is -0.304. The first-order valence-electron chi connectivity index (χ1n) is 9.74. The molecule has 0 saturated carbocycles. The molecule has 31 heavy (non-hydrogen) atoms. The zero-order valence-corrected chi connectivity index (χ0v) is 16.5. The van der Waals surface area contributed by atoms with E-state index in [1.165, 1.54) is 0 Å². The van der Waals surface area contributed by atoms with Gasteiger partial charge in [0.25, 0.3) is 0 Å². The third-order valence-electron chi connectivity index (χ3n) is 4.92. The second-order valence-electron chi connectivity index (χ2n) is 6.96. The normalized spacial score (nSPS) is 11.9. The van der Waals surface area contributed by atoms with Crippen LogP contribution >= 0.6 is 0 Å². The van der Waals surface area contributed by atoms with Crippen LogP contribution in [0.3, 0.4) is 0 Å². The van der Waals surface area contributed by atoms with Gasteiger partial charge < -0.3 is 20.1 Å². The standard InChI is InChI=1S/C23H19N5O3/c29-23(27-18-4-5-20-21(11-18)31-14-30-20)25-12-15-2-1-3-17(10-15)22-19(13-26-28-22)16-6-8-24-9-7-16/h1-11,13H,12,14H2,(H,26,28)(H2,25,27,29). The molecule has 4 aromatic rings. The van der Waals surface area contributed by atoms with Crippen LogP contribution in [0.15, 0.2) is 73.2 Å². The van der Waals surface area contributed by atoms with Crippen molar-refractivity contribution in [2.45, 2.75) is 6.54 Å². The number of fused-ring (bicyclic) bond motifs is 1. The van der Waals surface area contributed by atoms with E-state index in [4.69, 9.17) is 9.47 Å². The number of nitrogens with zero attached hydrogens (tertiary/aromatic N) is 2. The Morgan fingerprint density at radius 1 is 1.00 bits per heavy atom. The number of hydrogen-bond acceptors (Lipinski definition) is 5. The van der Waals surface area contributed by atoms with Crippen LogP contribution in [-0.2, 0) is 6.54 Å². The molecule has 0 saturated heterocycles. The Morgan fingerprint density at radius 3 is 2.77 bits per heavy atom. The highest BCUT2D eigenvalue weighted by Crippen LogP contribution is 2.34. The molecule has 0 spiro atoms. The van der Waals surface area contributed by atoms with Crippen LogP contribution < -0.4 is 20.1 Å². The topological polar surface area (TPSA) is 101 Å². The smallest absolute Gasteiger partial charge is 0.319 e. The molecule has 0 aliphatic carbocycles. The van der Waals surface area contributed by atoms with Gasteiger partial charge in [-0.15, -0.1) is 0 Å². The fourth-order valence-corrected chi connectivity index (χ4v) is 3.42. The Bertz CT molecular complexity index is 1220. The monoisotopic (exact) mass is 413 g/mol. The first-order chi connectivity index (χ1) is 15.3. The minimum absolute atomic E-state index is 0.195. The Kier molecular flexibility index (Phi) is 4.94. The van der Waals surface area contributed by atoms with Crippen LogP contribution in [0.5, 0.6) is 11.5 Å². The maximum atomic E-state index is 12.3. The number of rotatable bonds is 5. The lowest BCUT2D eigenvalue weighted by atomic mass is 10.0. The summed E-state index contributed by atoms with van der Waals surface area (Å²) >= 11 is 0. The molecule has 8 nitrogen and oxygen atoms in total. The van der Waals surface area contributed by atoms with Gasteiger partial charge in [-0.2, -0.15) is 5.10 Å². The van der Waals surface area contributed by atoms with Gasteiger partial charge in [0.1, 0.15) is 0 Å². The van der Waals surface area contributed by atoms with Crippen LogP contribution in [0, 0.1) is 0 Å². The Balaban J connectivity index is 1.26. The lowest BCUT2D eigenvalue weighted by Crippen LogP contribution is -2.28. The molecular formula is C23H19N5O3. The largest absolute Gasteiger partial charge is 0.454 e. The zero-order chi connectivity index (χ0) is 21.0. The number of anilines is 1. The summed E-state index contributed by atoms with van der Waals surface area (Å²) in [5, 5.41) is 13.0. The summed E-state index contributed by atoms with van der Waals surface area (Å²) in [6.45, 7) is 0.569. The second-order valence-corrected chi connectivity index (χ2v) is 6.96. The van der Waals surface area contributed by atoms with Gasteiger partial charge in [0.2, 0.25) is 6.79 Å². The predicted molar refractivity (Wildman–Crippen MR) is 116 cm³/mol. The number of pyridine rings is 1. The maximum absolute atomic E-state index is 12.3. The summed E-state index contributed by atoms with van der Waals surface area (Å²) in [7, 11) is 0. The van der Waals surface area contributed by atoms with Crippen LogP contribution in [0.25, 0.3) is 22.4 Å². The Morgan fingerprint density at radius 2 is 1.87 bits per heavy atom. The number of aromatic nitrogens is 3. The van der Waals surface area contributed by atoms with E-state index in [1.54, 1.807) is 30.6 Å².